The van der Waals surface area contributed by atoms with Gasteiger partial charge in [-0.2, -0.15) is 5.10 Å². The summed E-state index contributed by atoms with van der Waals surface area (Å²) in [5.74, 6) is 0. The molecule has 0 unspecified atom stereocenters. The highest BCUT2D eigenvalue weighted by Gasteiger charge is 1.94. The second-order valence-electron chi connectivity index (χ2n) is 2.22. The van der Waals surface area contributed by atoms with Crippen LogP contribution in [0.25, 0.3) is 12.7 Å². The molecule has 0 aliphatic carbocycles. The Hall–Kier alpha value is -0.100. The monoisotopic (exact) mass is 338 g/mol. The van der Waals surface area contributed by atoms with Crippen LogP contribution in [0.1, 0.15) is 6.92 Å². The number of nitrogens with zero attached hydrogens (tertiary/aromatic N) is 1. The van der Waals surface area contributed by atoms with Gasteiger partial charge in [0, 0.05) is 9.70 Å². The lowest BCUT2D eigenvalue weighted by atomic mass is 10.4. The fraction of sp³-hybridized carbons (Fsp3) is 0.125. The van der Waals surface area contributed by atoms with E-state index in [1.165, 1.54) is 0 Å². The maximum atomic E-state index is 4.02. The van der Waals surface area contributed by atoms with Gasteiger partial charge in [0.1, 0.15) is 3.70 Å². The number of hydrogen-bond acceptors (Lipinski definition) is 1. The molecule has 4 heteroatoms. The van der Waals surface area contributed by atoms with E-state index in [2.05, 4.69) is 55.3 Å². The molecular formula is C8H8BrIN2. The normalized spacial score (nSPS) is 13.9. The zero-order valence-electron chi connectivity index (χ0n) is 6.56. The Balaban J connectivity index is 3.36. The molecule has 1 aromatic rings. The number of H-pyrrole nitrogens is 1. The van der Waals surface area contributed by atoms with E-state index >= 15 is 0 Å². The van der Waals surface area contributed by atoms with Crippen LogP contribution in [0.15, 0.2) is 10.6 Å². The molecule has 0 radical (unpaired) electrons. The third-order valence-corrected chi connectivity index (χ3v) is 2.90. The Morgan fingerprint density at radius 3 is 2.83 bits per heavy atom. The van der Waals surface area contributed by atoms with Crippen molar-refractivity contribution in [3.05, 3.63) is 24.8 Å². The summed E-state index contributed by atoms with van der Waals surface area (Å²) in [5, 5.41) is 8.73. The van der Waals surface area contributed by atoms with Gasteiger partial charge in [0.05, 0.1) is 5.35 Å². The van der Waals surface area contributed by atoms with Crippen molar-refractivity contribution in [2.45, 2.75) is 6.92 Å². The third-order valence-electron chi connectivity index (χ3n) is 1.39. The van der Waals surface area contributed by atoms with Crippen LogP contribution in [0, 0.1) is 3.70 Å². The van der Waals surface area contributed by atoms with Crippen LogP contribution in [0.2, 0.25) is 0 Å². The summed E-state index contributed by atoms with van der Waals surface area (Å²) >= 11 is 5.57. The molecule has 1 rings (SSSR count). The number of aromatic amines is 1. The largest absolute Gasteiger partial charge is 0.277 e. The number of nitrogens with one attached hydrogen (secondary N) is 1. The lowest BCUT2D eigenvalue weighted by Crippen LogP contribution is -2.22. The first-order chi connectivity index (χ1) is 5.65. The Morgan fingerprint density at radius 1 is 1.75 bits per heavy atom. The minimum absolute atomic E-state index is 0.846. The van der Waals surface area contributed by atoms with Crippen molar-refractivity contribution in [2.75, 3.05) is 0 Å². The van der Waals surface area contributed by atoms with Crippen molar-refractivity contribution < 1.29 is 0 Å². The molecule has 1 aromatic heterocycles. The average molecular weight is 339 g/mol. The molecule has 0 aliphatic heterocycles. The topological polar surface area (TPSA) is 28.7 Å². The number of hydrogen-bond donors (Lipinski definition) is 1. The molecule has 0 saturated heterocycles. The third kappa shape index (κ3) is 2.20. The van der Waals surface area contributed by atoms with E-state index in [4.69, 9.17) is 0 Å². The standard InChI is InChI=1S/C8H8BrIN2/c1-3-6(9)4-7-5(2)11-12-8(7)10/h3-4,11H,2H2,1H3/b6-3+,7-4+. The summed E-state index contributed by atoms with van der Waals surface area (Å²) in [4.78, 5) is 0. The van der Waals surface area contributed by atoms with Gasteiger partial charge in [0.15, 0.2) is 0 Å². The Morgan fingerprint density at radius 2 is 2.42 bits per heavy atom. The quantitative estimate of drug-likeness (QED) is 0.772. The molecule has 0 saturated carbocycles. The van der Waals surface area contributed by atoms with Crippen molar-refractivity contribution >= 4 is 51.2 Å². The number of rotatable bonds is 1. The Kier molecular flexibility index (Phi) is 3.52. The summed E-state index contributed by atoms with van der Waals surface area (Å²) in [5.41, 5.74) is 0. The molecule has 0 aliphatic rings. The fourth-order valence-corrected chi connectivity index (χ4v) is 1.56. The van der Waals surface area contributed by atoms with Crippen LogP contribution in [0.3, 0.4) is 0 Å². The Labute approximate surface area is 92.7 Å². The van der Waals surface area contributed by atoms with Crippen LogP contribution in [-0.4, -0.2) is 10.2 Å². The predicted molar refractivity (Wildman–Crippen MR) is 63.2 cm³/mol. The summed E-state index contributed by atoms with van der Waals surface area (Å²) < 4.78 is 1.98. The number of aromatic nitrogens is 2. The maximum absolute atomic E-state index is 4.02. The summed E-state index contributed by atoms with van der Waals surface area (Å²) in [6.07, 6.45) is 3.97. The van der Waals surface area contributed by atoms with Crippen LogP contribution >= 0.6 is 38.5 Å². The molecule has 0 aromatic carbocycles. The van der Waals surface area contributed by atoms with Gasteiger partial charge in [0.25, 0.3) is 0 Å². The van der Waals surface area contributed by atoms with E-state index in [1.807, 2.05) is 19.1 Å². The molecule has 2 nitrogen and oxygen atoms in total. The second-order valence-corrected chi connectivity index (χ2v) is 4.16. The molecule has 0 bridgehead atoms. The zero-order valence-corrected chi connectivity index (χ0v) is 10.3. The molecule has 1 N–H and O–H groups in total. The number of allylic oxidation sites excluding steroid dienone is 2. The molecule has 12 heavy (non-hydrogen) atoms. The van der Waals surface area contributed by atoms with Crippen LogP contribution in [0.4, 0.5) is 0 Å². The van der Waals surface area contributed by atoms with E-state index < -0.39 is 0 Å². The van der Waals surface area contributed by atoms with Gasteiger partial charge in [-0.1, -0.05) is 28.6 Å². The van der Waals surface area contributed by atoms with E-state index in [9.17, 15) is 0 Å². The first-order valence-electron chi connectivity index (χ1n) is 3.37. The molecule has 1 heterocycles. The van der Waals surface area contributed by atoms with Crippen molar-refractivity contribution in [3.8, 4) is 0 Å². The van der Waals surface area contributed by atoms with Crippen LogP contribution < -0.4 is 10.6 Å². The van der Waals surface area contributed by atoms with Crippen LogP contribution in [0.5, 0.6) is 0 Å². The van der Waals surface area contributed by atoms with Crippen LogP contribution in [-0.2, 0) is 0 Å². The highest BCUT2D eigenvalue weighted by Crippen LogP contribution is 2.04. The molecule has 64 valence electrons. The van der Waals surface area contributed by atoms with Gasteiger partial charge in [0.2, 0.25) is 0 Å². The molecule has 0 amide bonds. The summed E-state index contributed by atoms with van der Waals surface area (Å²) in [6.45, 7) is 5.80. The minimum Gasteiger partial charge on any atom is -0.277 e. The van der Waals surface area contributed by atoms with Gasteiger partial charge in [-0.3, -0.25) is 5.10 Å². The van der Waals surface area contributed by atoms with Gasteiger partial charge in [-0.05, 0) is 35.6 Å². The van der Waals surface area contributed by atoms with Gasteiger partial charge in [-0.25, -0.2) is 0 Å². The summed E-state index contributed by atoms with van der Waals surface area (Å²) in [7, 11) is 0. The predicted octanol–water partition coefficient (Wildman–Crippen LogP) is 1.50. The van der Waals surface area contributed by atoms with Crippen molar-refractivity contribution in [1.29, 1.82) is 0 Å². The number of halogens is 2. The second kappa shape index (κ2) is 4.23. The smallest absolute Gasteiger partial charge is 0.130 e. The molecular weight excluding hydrogens is 331 g/mol. The fourth-order valence-electron chi connectivity index (χ4n) is 0.729. The first kappa shape index (κ1) is 9.98. The molecule has 0 fully saturated rings. The van der Waals surface area contributed by atoms with E-state index in [-0.39, 0.29) is 0 Å². The highest BCUT2D eigenvalue weighted by atomic mass is 127. The van der Waals surface area contributed by atoms with E-state index in [0.717, 1.165) is 18.8 Å². The molecule has 0 atom stereocenters. The van der Waals surface area contributed by atoms with Crippen molar-refractivity contribution in [2.24, 2.45) is 0 Å². The lowest BCUT2D eigenvalue weighted by Gasteiger charge is -1.83. The van der Waals surface area contributed by atoms with Gasteiger partial charge in [-0.15, -0.1) is 0 Å². The SMILES string of the molecule is C=c1[nH]nc(I)/c1=C/C(Br)=C\C. The minimum atomic E-state index is 0.846. The van der Waals surface area contributed by atoms with E-state index in [0.29, 0.717) is 0 Å². The highest BCUT2D eigenvalue weighted by molar-refractivity contribution is 14.1. The van der Waals surface area contributed by atoms with Crippen molar-refractivity contribution in [1.82, 2.24) is 10.2 Å². The lowest BCUT2D eigenvalue weighted by molar-refractivity contribution is 1.05. The zero-order chi connectivity index (χ0) is 9.14. The average Bonchev–Trinajstić information content (AvgIpc) is 2.35. The first-order valence-corrected chi connectivity index (χ1v) is 5.24. The summed E-state index contributed by atoms with van der Waals surface area (Å²) in [6, 6.07) is 0. The van der Waals surface area contributed by atoms with Gasteiger partial charge >= 0.3 is 0 Å². The van der Waals surface area contributed by atoms with Crippen molar-refractivity contribution in [3.63, 3.8) is 0 Å². The molecule has 0 spiro atoms. The Bertz CT molecular complexity index is 405. The van der Waals surface area contributed by atoms with Gasteiger partial charge < -0.3 is 0 Å². The van der Waals surface area contributed by atoms with E-state index in [1.54, 1.807) is 0 Å². The maximum Gasteiger partial charge on any atom is 0.130 e.